The Labute approximate surface area is 100 Å². The number of rotatable bonds is 3. The number of hydrogen-bond acceptors (Lipinski definition) is 4. The van der Waals surface area contributed by atoms with E-state index in [1.54, 1.807) is 24.5 Å². The summed E-state index contributed by atoms with van der Waals surface area (Å²) in [4.78, 5) is 8.53. The SMILES string of the molecule is CC(N)Cc1ncc(-c2ccc(O)cc2)cn1. The predicted octanol–water partition coefficient (Wildman–Crippen LogP) is 1.74. The molecule has 17 heavy (non-hydrogen) atoms. The van der Waals surface area contributed by atoms with Crippen molar-refractivity contribution in [3.8, 4) is 16.9 Å². The van der Waals surface area contributed by atoms with Crippen molar-refractivity contribution in [3.63, 3.8) is 0 Å². The fourth-order valence-corrected chi connectivity index (χ4v) is 1.55. The summed E-state index contributed by atoms with van der Waals surface area (Å²) in [5.41, 5.74) is 7.59. The highest BCUT2D eigenvalue weighted by Crippen LogP contribution is 2.20. The number of phenols is 1. The van der Waals surface area contributed by atoms with E-state index in [9.17, 15) is 5.11 Å². The molecule has 0 aliphatic rings. The Bertz CT molecular complexity index is 477. The van der Waals surface area contributed by atoms with Crippen LogP contribution in [0.2, 0.25) is 0 Å². The number of benzene rings is 1. The average molecular weight is 229 g/mol. The van der Waals surface area contributed by atoms with Crippen LogP contribution in [0.25, 0.3) is 11.1 Å². The topological polar surface area (TPSA) is 72.0 Å². The van der Waals surface area contributed by atoms with Crippen molar-refractivity contribution in [2.45, 2.75) is 19.4 Å². The maximum Gasteiger partial charge on any atom is 0.129 e. The normalized spacial score (nSPS) is 12.4. The van der Waals surface area contributed by atoms with Crippen molar-refractivity contribution in [2.75, 3.05) is 0 Å². The summed E-state index contributed by atoms with van der Waals surface area (Å²) in [5.74, 6) is 1.01. The van der Waals surface area contributed by atoms with Gasteiger partial charge in [0.15, 0.2) is 0 Å². The van der Waals surface area contributed by atoms with Crippen LogP contribution < -0.4 is 5.73 Å². The molecule has 2 rings (SSSR count). The molecule has 4 heteroatoms. The van der Waals surface area contributed by atoms with E-state index in [4.69, 9.17) is 5.73 Å². The Morgan fingerprint density at radius 3 is 2.24 bits per heavy atom. The zero-order chi connectivity index (χ0) is 12.3. The van der Waals surface area contributed by atoms with E-state index in [1.165, 1.54) is 0 Å². The molecule has 0 fully saturated rings. The van der Waals surface area contributed by atoms with Crippen LogP contribution >= 0.6 is 0 Å². The van der Waals surface area contributed by atoms with Crippen molar-refractivity contribution in [3.05, 3.63) is 42.5 Å². The molecular formula is C13H15N3O. The second-order valence-corrected chi connectivity index (χ2v) is 4.12. The highest BCUT2D eigenvalue weighted by Gasteiger charge is 2.03. The largest absolute Gasteiger partial charge is 0.508 e. The lowest BCUT2D eigenvalue weighted by molar-refractivity contribution is 0.475. The third-order valence-corrected chi connectivity index (χ3v) is 2.41. The molecule has 3 N–H and O–H groups in total. The summed E-state index contributed by atoms with van der Waals surface area (Å²) in [6.45, 7) is 1.93. The van der Waals surface area contributed by atoms with Crippen molar-refractivity contribution >= 4 is 0 Å². The molecule has 1 heterocycles. The number of nitrogens with two attached hydrogens (primary N) is 1. The van der Waals surface area contributed by atoms with Crippen molar-refractivity contribution < 1.29 is 5.11 Å². The Morgan fingerprint density at radius 2 is 1.71 bits per heavy atom. The number of aromatic hydroxyl groups is 1. The standard InChI is InChI=1S/C13H15N3O/c1-9(14)6-13-15-7-11(8-16-13)10-2-4-12(17)5-3-10/h2-5,7-9,17H,6,14H2,1H3. The fraction of sp³-hybridized carbons (Fsp3) is 0.231. The molecule has 1 unspecified atom stereocenters. The van der Waals surface area contributed by atoms with Gasteiger partial charge in [-0.2, -0.15) is 0 Å². The van der Waals surface area contributed by atoms with E-state index >= 15 is 0 Å². The summed E-state index contributed by atoms with van der Waals surface area (Å²) in [7, 11) is 0. The molecule has 4 nitrogen and oxygen atoms in total. The van der Waals surface area contributed by atoms with Crippen molar-refractivity contribution in [2.24, 2.45) is 5.73 Å². The Balaban J connectivity index is 2.20. The smallest absolute Gasteiger partial charge is 0.129 e. The van der Waals surface area contributed by atoms with Crippen LogP contribution in [0, 0.1) is 0 Å². The van der Waals surface area contributed by atoms with E-state index in [-0.39, 0.29) is 11.8 Å². The molecule has 0 aliphatic heterocycles. The van der Waals surface area contributed by atoms with Crippen LogP contribution in [0.1, 0.15) is 12.7 Å². The first-order chi connectivity index (χ1) is 8.15. The zero-order valence-corrected chi connectivity index (χ0v) is 9.67. The molecular weight excluding hydrogens is 214 g/mol. The lowest BCUT2D eigenvalue weighted by atomic mass is 10.1. The monoisotopic (exact) mass is 229 g/mol. The molecule has 0 aliphatic carbocycles. The van der Waals surface area contributed by atoms with Crippen LogP contribution in [-0.4, -0.2) is 21.1 Å². The van der Waals surface area contributed by atoms with Gasteiger partial charge in [-0.25, -0.2) is 9.97 Å². The maximum atomic E-state index is 9.20. The zero-order valence-electron chi connectivity index (χ0n) is 9.67. The number of nitrogens with zero attached hydrogens (tertiary/aromatic N) is 2. The number of phenolic OH excluding ortho intramolecular Hbond substituents is 1. The molecule has 88 valence electrons. The van der Waals surface area contributed by atoms with E-state index in [1.807, 2.05) is 19.1 Å². The Morgan fingerprint density at radius 1 is 1.12 bits per heavy atom. The van der Waals surface area contributed by atoms with Gasteiger partial charge in [0.1, 0.15) is 11.6 Å². The van der Waals surface area contributed by atoms with Crippen molar-refractivity contribution in [1.29, 1.82) is 0 Å². The fourth-order valence-electron chi connectivity index (χ4n) is 1.55. The van der Waals surface area contributed by atoms with Gasteiger partial charge in [0.2, 0.25) is 0 Å². The number of aromatic nitrogens is 2. The first-order valence-corrected chi connectivity index (χ1v) is 5.51. The molecule has 0 bridgehead atoms. The van der Waals surface area contributed by atoms with E-state index in [0.29, 0.717) is 6.42 Å². The third-order valence-electron chi connectivity index (χ3n) is 2.41. The molecule has 1 atom stereocenters. The van der Waals surface area contributed by atoms with E-state index < -0.39 is 0 Å². The predicted molar refractivity (Wildman–Crippen MR) is 66.5 cm³/mol. The first-order valence-electron chi connectivity index (χ1n) is 5.51. The van der Waals surface area contributed by atoms with Gasteiger partial charge in [-0.05, 0) is 24.6 Å². The average Bonchev–Trinajstić information content (AvgIpc) is 2.30. The third kappa shape index (κ3) is 3.01. The van der Waals surface area contributed by atoms with Gasteiger partial charge in [-0.1, -0.05) is 12.1 Å². The molecule has 0 amide bonds. The van der Waals surface area contributed by atoms with Crippen LogP contribution in [0.5, 0.6) is 5.75 Å². The van der Waals surface area contributed by atoms with Crippen molar-refractivity contribution in [1.82, 2.24) is 9.97 Å². The molecule has 0 saturated heterocycles. The van der Waals surface area contributed by atoms with Gasteiger partial charge in [0.25, 0.3) is 0 Å². The minimum absolute atomic E-state index is 0.0644. The maximum absolute atomic E-state index is 9.20. The number of hydrogen-bond donors (Lipinski definition) is 2. The second kappa shape index (κ2) is 4.93. The minimum atomic E-state index is 0.0644. The van der Waals surface area contributed by atoms with Crippen LogP contribution in [0.15, 0.2) is 36.7 Å². The second-order valence-electron chi connectivity index (χ2n) is 4.12. The highest BCUT2D eigenvalue weighted by atomic mass is 16.3. The minimum Gasteiger partial charge on any atom is -0.508 e. The van der Waals surface area contributed by atoms with Gasteiger partial charge >= 0.3 is 0 Å². The lowest BCUT2D eigenvalue weighted by Gasteiger charge is -2.05. The van der Waals surface area contributed by atoms with Gasteiger partial charge in [-0.3, -0.25) is 0 Å². The quantitative estimate of drug-likeness (QED) is 0.840. The van der Waals surface area contributed by atoms with Gasteiger partial charge < -0.3 is 10.8 Å². The van der Waals surface area contributed by atoms with Crippen LogP contribution in [0.4, 0.5) is 0 Å². The summed E-state index contributed by atoms with van der Waals surface area (Å²) in [5, 5.41) is 9.20. The van der Waals surface area contributed by atoms with Crippen LogP contribution in [-0.2, 0) is 6.42 Å². The molecule has 0 saturated carbocycles. The molecule has 1 aromatic heterocycles. The summed E-state index contributed by atoms with van der Waals surface area (Å²) in [6, 6.07) is 7.02. The Kier molecular flexibility index (Phi) is 3.35. The van der Waals surface area contributed by atoms with Crippen LogP contribution in [0.3, 0.4) is 0 Å². The molecule has 1 aromatic carbocycles. The summed E-state index contributed by atoms with van der Waals surface area (Å²) < 4.78 is 0. The van der Waals surface area contributed by atoms with E-state index in [0.717, 1.165) is 17.0 Å². The summed E-state index contributed by atoms with van der Waals surface area (Å²) >= 11 is 0. The molecule has 0 radical (unpaired) electrons. The Hall–Kier alpha value is -1.94. The van der Waals surface area contributed by atoms with Gasteiger partial charge in [0, 0.05) is 30.4 Å². The van der Waals surface area contributed by atoms with Gasteiger partial charge in [-0.15, -0.1) is 0 Å². The summed E-state index contributed by atoms with van der Waals surface area (Å²) in [6.07, 6.45) is 4.23. The van der Waals surface area contributed by atoms with E-state index in [2.05, 4.69) is 9.97 Å². The molecule has 0 spiro atoms. The van der Waals surface area contributed by atoms with Gasteiger partial charge in [0.05, 0.1) is 0 Å². The molecule has 2 aromatic rings. The lowest BCUT2D eigenvalue weighted by Crippen LogP contribution is -2.19. The first kappa shape index (κ1) is 11.5. The highest BCUT2D eigenvalue weighted by molar-refractivity contribution is 5.62.